The molecule has 0 spiro atoms. The van der Waals surface area contributed by atoms with E-state index in [-0.39, 0.29) is 5.82 Å². The van der Waals surface area contributed by atoms with Crippen LogP contribution in [0, 0.1) is 11.7 Å². The lowest BCUT2D eigenvalue weighted by Crippen LogP contribution is -2.43. The van der Waals surface area contributed by atoms with Gasteiger partial charge in [-0.25, -0.2) is 4.39 Å². The number of ether oxygens (including phenoxy) is 1. The maximum absolute atomic E-state index is 12.9. The summed E-state index contributed by atoms with van der Waals surface area (Å²) in [4.78, 5) is 4.45. The van der Waals surface area contributed by atoms with E-state index in [1.54, 1.807) is 12.1 Å². The summed E-state index contributed by atoms with van der Waals surface area (Å²) >= 11 is 0. The van der Waals surface area contributed by atoms with Gasteiger partial charge in [-0.2, -0.15) is 4.98 Å². The van der Waals surface area contributed by atoms with Crippen molar-refractivity contribution in [3.8, 4) is 17.1 Å². The largest absolute Gasteiger partial charge is 0.489 e. The Bertz CT molecular complexity index is 827. The maximum atomic E-state index is 12.9. The van der Waals surface area contributed by atoms with Crippen molar-refractivity contribution in [2.45, 2.75) is 13.0 Å². The van der Waals surface area contributed by atoms with E-state index < -0.39 is 0 Å². The molecule has 1 aliphatic rings. The van der Waals surface area contributed by atoms with E-state index >= 15 is 0 Å². The van der Waals surface area contributed by atoms with E-state index in [0.717, 1.165) is 36.4 Å². The van der Waals surface area contributed by atoms with Crippen molar-refractivity contribution >= 4 is 0 Å². The van der Waals surface area contributed by atoms with Gasteiger partial charge in [-0.1, -0.05) is 17.3 Å². The van der Waals surface area contributed by atoms with Crippen LogP contribution in [0.15, 0.2) is 53.1 Å². The fraction of sp³-hybridized carbons (Fsp3) is 0.263. The fourth-order valence-electron chi connectivity index (χ4n) is 2.64. The fourth-order valence-corrected chi connectivity index (χ4v) is 2.64. The molecule has 1 aliphatic heterocycles. The van der Waals surface area contributed by atoms with Crippen molar-refractivity contribution in [3.63, 3.8) is 0 Å². The molecule has 1 fully saturated rings. The Hall–Kier alpha value is -2.73. The third-order valence-electron chi connectivity index (χ3n) is 4.23. The second-order valence-corrected chi connectivity index (χ2v) is 6.18. The maximum Gasteiger partial charge on any atom is 0.227 e. The van der Waals surface area contributed by atoms with E-state index in [4.69, 9.17) is 9.26 Å². The van der Waals surface area contributed by atoms with Crippen molar-refractivity contribution in [2.75, 3.05) is 13.1 Å². The second-order valence-electron chi connectivity index (χ2n) is 6.18. The molecule has 25 heavy (non-hydrogen) atoms. The van der Waals surface area contributed by atoms with Gasteiger partial charge in [0, 0.05) is 12.0 Å². The third-order valence-corrected chi connectivity index (χ3v) is 4.23. The molecule has 0 radical (unpaired) electrons. The summed E-state index contributed by atoms with van der Waals surface area (Å²) < 4.78 is 23.9. The van der Waals surface area contributed by atoms with Crippen LogP contribution in [0.3, 0.4) is 0 Å². The lowest BCUT2D eigenvalue weighted by Gasteiger charge is -2.25. The zero-order valence-corrected chi connectivity index (χ0v) is 13.6. The zero-order valence-electron chi connectivity index (χ0n) is 13.6. The van der Waals surface area contributed by atoms with Crippen LogP contribution in [0.4, 0.5) is 4.39 Å². The minimum absolute atomic E-state index is 0.249. The smallest absolute Gasteiger partial charge is 0.227 e. The van der Waals surface area contributed by atoms with Crippen LogP contribution in [0.5, 0.6) is 5.75 Å². The molecule has 0 bridgehead atoms. The van der Waals surface area contributed by atoms with Crippen LogP contribution in [0.1, 0.15) is 11.5 Å². The molecule has 0 amide bonds. The van der Waals surface area contributed by atoms with Gasteiger partial charge in [0.05, 0.1) is 0 Å². The van der Waals surface area contributed by atoms with Crippen LogP contribution in [-0.4, -0.2) is 23.2 Å². The van der Waals surface area contributed by atoms with Crippen molar-refractivity contribution in [3.05, 3.63) is 65.8 Å². The van der Waals surface area contributed by atoms with Crippen molar-refractivity contribution in [1.82, 2.24) is 15.5 Å². The van der Waals surface area contributed by atoms with Gasteiger partial charge in [0.15, 0.2) is 0 Å². The normalized spacial score (nSPS) is 14.3. The van der Waals surface area contributed by atoms with Gasteiger partial charge in [-0.15, -0.1) is 0 Å². The number of nitrogens with zero attached hydrogens (tertiary/aromatic N) is 2. The predicted octanol–water partition coefficient (Wildman–Crippen LogP) is 3.22. The predicted molar refractivity (Wildman–Crippen MR) is 90.5 cm³/mol. The average molecular weight is 339 g/mol. The topological polar surface area (TPSA) is 60.2 Å². The Kier molecular flexibility index (Phi) is 4.43. The molecule has 1 aromatic heterocycles. The molecule has 6 heteroatoms. The monoisotopic (exact) mass is 339 g/mol. The standard InChI is InChI=1S/C19H18FN3O2/c20-16-5-1-13(2-6-16)12-24-17-7-3-15(4-8-17)19-22-18(25-23-19)9-14-10-21-11-14/h1-8,14,21H,9-12H2. The quantitative estimate of drug-likeness (QED) is 0.747. The minimum atomic E-state index is -0.249. The summed E-state index contributed by atoms with van der Waals surface area (Å²) in [6.45, 7) is 2.41. The molecule has 0 aliphatic carbocycles. The summed E-state index contributed by atoms with van der Waals surface area (Å²) in [5.41, 5.74) is 1.80. The number of halogens is 1. The van der Waals surface area contributed by atoms with Gasteiger partial charge in [-0.3, -0.25) is 0 Å². The highest BCUT2D eigenvalue weighted by Gasteiger charge is 2.20. The number of hydrogen-bond acceptors (Lipinski definition) is 5. The molecular formula is C19H18FN3O2. The van der Waals surface area contributed by atoms with E-state index in [1.807, 2.05) is 24.3 Å². The molecule has 0 atom stereocenters. The average Bonchev–Trinajstić information content (AvgIpc) is 3.07. The molecule has 1 N–H and O–H groups in total. The van der Waals surface area contributed by atoms with E-state index in [2.05, 4.69) is 15.5 Å². The number of hydrogen-bond donors (Lipinski definition) is 1. The van der Waals surface area contributed by atoms with E-state index in [9.17, 15) is 4.39 Å². The Morgan fingerprint density at radius 1 is 1.08 bits per heavy atom. The summed E-state index contributed by atoms with van der Waals surface area (Å²) in [5, 5.41) is 7.28. The van der Waals surface area contributed by atoms with Crippen molar-refractivity contribution in [2.24, 2.45) is 5.92 Å². The molecule has 0 unspecified atom stereocenters. The van der Waals surface area contributed by atoms with E-state index in [1.165, 1.54) is 12.1 Å². The summed E-state index contributed by atoms with van der Waals surface area (Å²) in [5.74, 6) is 2.35. The highest BCUT2D eigenvalue weighted by Crippen LogP contribution is 2.22. The molecular weight excluding hydrogens is 321 g/mol. The minimum Gasteiger partial charge on any atom is -0.489 e. The van der Waals surface area contributed by atoms with Crippen molar-refractivity contribution in [1.29, 1.82) is 0 Å². The van der Waals surface area contributed by atoms with Gasteiger partial charge in [-0.05, 0) is 61.0 Å². The van der Waals surface area contributed by atoms with Gasteiger partial charge in [0.1, 0.15) is 18.2 Å². The van der Waals surface area contributed by atoms with Gasteiger partial charge >= 0.3 is 0 Å². The van der Waals surface area contributed by atoms with Gasteiger partial charge in [0.25, 0.3) is 0 Å². The van der Waals surface area contributed by atoms with Crippen LogP contribution in [-0.2, 0) is 13.0 Å². The molecule has 0 saturated carbocycles. The first-order valence-corrected chi connectivity index (χ1v) is 8.27. The summed E-state index contributed by atoms with van der Waals surface area (Å²) in [6.07, 6.45) is 0.818. The first-order chi connectivity index (χ1) is 12.3. The van der Waals surface area contributed by atoms with Gasteiger partial charge in [0.2, 0.25) is 11.7 Å². The van der Waals surface area contributed by atoms with Gasteiger partial charge < -0.3 is 14.6 Å². The number of benzene rings is 2. The molecule has 2 heterocycles. The molecule has 5 nitrogen and oxygen atoms in total. The highest BCUT2D eigenvalue weighted by molar-refractivity contribution is 5.55. The molecule has 3 aromatic rings. The third kappa shape index (κ3) is 3.85. The van der Waals surface area contributed by atoms with Crippen LogP contribution in [0.2, 0.25) is 0 Å². The SMILES string of the molecule is Fc1ccc(COc2ccc(-c3noc(CC4CNC4)n3)cc2)cc1. The Balaban J connectivity index is 1.37. The molecule has 1 saturated heterocycles. The lowest BCUT2D eigenvalue weighted by atomic mass is 10.00. The van der Waals surface area contributed by atoms with Crippen LogP contribution >= 0.6 is 0 Å². The molecule has 4 rings (SSSR count). The van der Waals surface area contributed by atoms with Crippen LogP contribution in [0.25, 0.3) is 11.4 Å². The van der Waals surface area contributed by atoms with Crippen molar-refractivity contribution < 1.29 is 13.7 Å². The zero-order chi connectivity index (χ0) is 17.1. The first-order valence-electron chi connectivity index (χ1n) is 8.27. The summed E-state index contributed by atoms with van der Waals surface area (Å²) in [7, 11) is 0. The number of rotatable bonds is 6. The first kappa shape index (κ1) is 15.8. The second kappa shape index (κ2) is 7.03. The molecule has 128 valence electrons. The lowest BCUT2D eigenvalue weighted by molar-refractivity contribution is 0.296. The Morgan fingerprint density at radius 3 is 2.52 bits per heavy atom. The van der Waals surface area contributed by atoms with Crippen LogP contribution < -0.4 is 10.1 Å². The Morgan fingerprint density at radius 2 is 1.84 bits per heavy atom. The molecule has 2 aromatic carbocycles. The highest BCUT2D eigenvalue weighted by atomic mass is 19.1. The number of nitrogens with one attached hydrogen (secondary N) is 1. The Labute approximate surface area is 144 Å². The summed E-state index contributed by atoms with van der Waals surface area (Å²) in [6, 6.07) is 13.8. The van der Waals surface area contributed by atoms with E-state index in [0.29, 0.717) is 24.2 Å². The number of aromatic nitrogens is 2.